The quantitative estimate of drug-likeness (QED) is 0.360. The van der Waals surface area contributed by atoms with Gasteiger partial charge in [-0.3, -0.25) is 14.8 Å². The van der Waals surface area contributed by atoms with E-state index in [1.807, 2.05) is 13.0 Å². The molecule has 2 aromatic heterocycles. The van der Waals surface area contributed by atoms with Crippen LogP contribution in [-0.4, -0.2) is 33.7 Å². The number of anilines is 1. The Kier molecular flexibility index (Phi) is 7.33. The number of allylic oxidation sites excluding steroid dienone is 2. The highest BCUT2D eigenvalue weighted by Crippen LogP contribution is 2.32. The number of aromatic nitrogens is 2. The van der Waals surface area contributed by atoms with E-state index in [1.54, 1.807) is 18.4 Å². The number of aliphatic imine (C=N–C) groups is 1. The zero-order chi connectivity index (χ0) is 26.9. The van der Waals surface area contributed by atoms with Crippen molar-refractivity contribution < 1.29 is 4.79 Å². The number of nitrogens with one attached hydrogen (secondary N) is 2. The number of aryl methyl sites for hydroxylation is 2. The number of carbonyl (C=O) groups excluding carboxylic acids is 1. The first-order valence-electron chi connectivity index (χ1n) is 13.3. The Balaban J connectivity index is 1.24. The molecule has 38 heavy (non-hydrogen) atoms. The lowest BCUT2D eigenvalue weighted by Crippen LogP contribution is -2.40. The summed E-state index contributed by atoms with van der Waals surface area (Å²) in [6, 6.07) is 9.21. The topological polar surface area (TPSA) is 79.3 Å². The van der Waals surface area contributed by atoms with Gasteiger partial charge in [-0.1, -0.05) is 32.4 Å². The van der Waals surface area contributed by atoms with Crippen LogP contribution >= 0.6 is 11.3 Å². The molecule has 5 rings (SSSR count). The Morgan fingerprint density at radius 1 is 1.05 bits per heavy atom. The van der Waals surface area contributed by atoms with Crippen LogP contribution in [0, 0.1) is 13.8 Å². The number of rotatable bonds is 5. The van der Waals surface area contributed by atoms with Crippen LogP contribution in [-0.2, 0) is 5.41 Å². The standard InChI is InChI=1S/C31H35N5OS/c1-19-10-15-24-23(17-19)26(18-27(36-24)31(3,4)5)34-21-11-13-22(14-12-21)35-29(37)28-20(2)33-30(38-28)25-9-7-6-8-16-32-25/h6,8-10,15-18,21-22H,11-14H2,1-5H3,(H,34,36)(H,35,37). The first-order chi connectivity index (χ1) is 18.2. The van der Waals surface area contributed by atoms with Crippen molar-refractivity contribution in [2.45, 2.75) is 77.8 Å². The molecular weight excluding hydrogens is 490 g/mol. The molecule has 0 spiro atoms. The second-order valence-electron chi connectivity index (χ2n) is 11.3. The largest absolute Gasteiger partial charge is 0.382 e. The molecule has 1 aliphatic carbocycles. The summed E-state index contributed by atoms with van der Waals surface area (Å²) in [5.41, 5.74) is 8.99. The van der Waals surface area contributed by atoms with Gasteiger partial charge in [0.25, 0.3) is 5.91 Å². The SMILES string of the molecule is Cc1ccc2nc(C(C)(C)C)cc(NC3CCC(NC(=O)c4sc(C5=NC=CC=C=C5)nc4C)CC3)c2c1. The fourth-order valence-electron chi connectivity index (χ4n) is 4.92. The molecule has 2 N–H and O–H groups in total. The highest BCUT2D eigenvalue weighted by molar-refractivity contribution is 7.15. The van der Waals surface area contributed by atoms with Gasteiger partial charge in [0.05, 0.1) is 11.2 Å². The molecule has 0 atom stereocenters. The third-order valence-corrected chi connectivity index (χ3v) is 8.27. The van der Waals surface area contributed by atoms with Gasteiger partial charge in [-0.15, -0.1) is 17.1 Å². The minimum Gasteiger partial charge on any atom is -0.382 e. The van der Waals surface area contributed by atoms with Gasteiger partial charge >= 0.3 is 0 Å². The molecule has 1 amide bonds. The van der Waals surface area contributed by atoms with Crippen LogP contribution in [0.3, 0.4) is 0 Å². The van der Waals surface area contributed by atoms with Gasteiger partial charge in [0.1, 0.15) is 15.6 Å². The Hall–Kier alpha value is -3.54. The van der Waals surface area contributed by atoms with E-state index in [9.17, 15) is 4.79 Å². The molecule has 1 aliphatic heterocycles. The van der Waals surface area contributed by atoms with Gasteiger partial charge in [-0.05, 0) is 69.9 Å². The summed E-state index contributed by atoms with van der Waals surface area (Å²) in [5.74, 6) is -0.0441. The van der Waals surface area contributed by atoms with Crippen molar-refractivity contribution in [1.82, 2.24) is 15.3 Å². The van der Waals surface area contributed by atoms with E-state index in [2.05, 4.69) is 78.3 Å². The normalized spacial score (nSPS) is 19.3. The third kappa shape index (κ3) is 5.79. The first-order valence-corrected chi connectivity index (χ1v) is 14.1. The molecule has 1 fully saturated rings. The molecule has 0 saturated heterocycles. The maximum absolute atomic E-state index is 13.1. The maximum Gasteiger partial charge on any atom is 0.263 e. The summed E-state index contributed by atoms with van der Waals surface area (Å²) in [6.07, 6.45) is 11.0. The summed E-state index contributed by atoms with van der Waals surface area (Å²) in [4.78, 5) is 27.7. The number of amides is 1. The Morgan fingerprint density at radius 2 is 1.82 bits per heavy atom. The summed E-state index contributed by atoms with van der Waals surface area (Å²) in [5, 5.41) is 9.00. The molecule has 1 aromatic carbocycles. The maximum atomic E-state index is 13.1. The summed E-state index contributed by atoms with van der Waals surface area (Å²) < 4.78 is 0. The second kappa shape index (κ2) is 10.7. The monoisotopic (exact) mass is 525 g/mol. The average molecular weight is 526 g/mol. The molecule has 3 aromatic rings. The number of benzene rings is 1. The van der Waals surface area contributed by atoms with E-state index >= 15 is 0 Å². The predicted molar refractivity (Wildman–Crippen MR) is 157 cm³/mol. The van der Waals surface area contributed by atoms with Crippen LogP contribution in [0.2, 0.25) is 0 Å². The van der Waals surface area contributed by atoms with Crippen molar-refractivity contribution in [2.24, 2.45) is 4.99 Å². The first kappa shape index (κ1) is 26.1. The van der Waals surface area contributed by atoms with E-state index in [0.717, 1.165) is 59.0 Å². The van der Waals surface area contributed by atoms with Crippen LogP contribution in [0.4, 0.5) is 5.69 Å². The van der Waals surface area contributed by atoms with E-state index in [1.165, 1.54) is 22.3 Å². The fourth-order valence-corrected chi connectivity index (χ4v) is 5.85. The average Bonchev–Trinajstić information content (AvgIpc) is 3.07. The molecule has 2 aliphatic rings. The fraction of sp³-hybridized carbons (Fsp3) is 0.387. The van der Waals surface area contributed by atoms with Crippen molar-refractivity contribution in [2.75, 3.05) is 5.32 Å². The molecule has 1 saturated carbocycles. The van der Waals surface area contributed by atoms with Crippen molar-refractivity contribution in [1.29, 1.82) is 0 Å². The van der Waals surface area contributed by atoms with Gasteiger partial charge in [-0.2, -0.15) is 0 Å². The Labute approximate surface area is 228 Å². The summed E-state index contributed by atoms with van der Waals surface area (Å²) >= 11 is 1.39. The lowest BCUT2D eigenvalue weighted by Gasteiger charge is -2.31. The van der Waals surface area contributed by atoms with Gasteiger partial charge in [0.15, 0.2) is 0 Å². The van der Waals surface area contributed by atoms with Gasteiger partial charge in [-0.25, -0.2) is 4.98 Å². The van der Waals surface area contributed by atoms with Gasteiger partial charge in [0.2, 0.25) is 0 Å². The molecule has 196 valence electrons. The van der Waals surface area contributed by atoms with Crippen molar-refractivity contribution in [3.63, 3.8) is 0 Å². The smallest absolute Gasteiger partial charge is 0.263 e. The van der Waals surface area contributed by atoms with E-state index < -0.39 is 0 Å². The van der Waals surface area contributed by atoms with Crippen molar-refractivity contribution in [3.05, 3.63) is 81.3 Å². The number of thiazole rings is 1. The molecular formula is C31H35N5OS. The lowest BCUT2D eigenvalue weighted by molar-refractivity contribution is 0.0930. The number of hydrogen-bond donors (Lipinski definition) is 2. The predicted octanol–water partition coefficient (Wildman–Crippen LogP) is 6.79. The number of hydrogen-bond acceptors (Lipinski definition) is 6. The minimum absolute atomic E-state index is 0.0292. The second-order valence-corrected chi connectivity index (χ2v) is 12.3. The van der Waals surface area contributed by atoms with Crippen LogP contribution < -0.4 is 10.6 Å². The molecule has 3 heterocycles. The third-order valence-electron chi connectivity index (χ3n) is 7.09. The van der Waals surface area contributed by atoms with Gasteiger partial charge < -0.3 is 10.6 Å². The highest BCUT2D eigenvalue weighted by Gasteiger charge is 2.26. The molecule has 7 heteroatoms. The summed E-state index contributed by atoms with van der Waals surface area (Å²) in [7, 11) is 0. The zero-order valence-electron chi connectivity index (χ0n) is 22.8. The van der Waals surface area contributed by atoms with Crippen LogP contribution in [0.15, 0.2) is 59.4 Å². The molecule has 0 radical (unpaired) electrons. The lowest BCUT2D eigenvalue weighted by atomic mass is 9.89. The Bertz CT molecular complexity index is 1490. The van der Waals surface area contributed by atoms with E-state index in [4.69, 9.17) is 4.98 Å². The van der Waals surface area contributed by atoms with Gasteiger partial charge in [0, 0.05) is 46.5 Å². The molecule has 6 nitrogen and oxygen atoms in total. The van der Waals surface area contributed by atoms with Crippen molar-refractivity contribution in [3.8, 4) is 0 Å². The minimum atomic E-state index is -0.0441. The molecule has 0 bridgehead atoms. The van der Waals surface area contributed by atoms with Crippen molar-refractivity contribution >= 4 is 39.5 Å². The van der Waals surface area contributed by atoms with E-state index in [0.29, 0.717) is 10.9 Å². The van der Waals surface area contributed by atoms with Crippen LogP contribution in [0.1, 0.15) is 78.1 Å². The number of pyridine rings is 1. The highest BCUT2D eigenvalue weighted by atomic mass is 32.1. The van der Waals surface area contributed by atoms with E-state index in [-0.39, 0.29) is 17.4 Å². The zero-order valence-corrected chi connectivity index (χ0v) is 23.6. The number of carbonyl (C=O) groups is 1. The number of nitrogens with zero attached hydrogens (tertiary/aromatic N) is 3. The summed E-state index contributed by atoms with van der Waals surface area (Å²) in [6.45, 7) is 10.6. The van der Waals surface area contributed by atoms with Crippen LogP contribution in [0.5, 0.6) is 0 Å². The number of fused-ring (bicyclic) bond motifs is 1. The van der Waals surface area contributed by atoms with Crippen LogP contribution in [0.25, 0.3) is 10.9 Å². The molecule has 0 unspecified atom stereocenters. The Morgan fingerprint density at radius 3 is 2.58 bits per heavy atom.